The lowest BCUT2D eigenvalue weighted by Gasteiger charge is -2.22. The van der Waals surface area contributed by atoms with Crippen LogP contribution in [0.2, 0.25) is 0 Å². The van der Waals surface area contributed by atoms with E-state index in [1.807, 2.05) is 54.6 Å². The zero-order valence-electron chi connectivity index (χ0n) is 10.4. The molecule has 0 radical (unpaired) electrons. The van der Waals surface area contributed by atoms with Gasteiger partial charge in [-0.05, 0) is 29.7 Å². The van der Waals surface area contributed by atoms with Crippen LogP contribution in [0.15, 0.2) is 73.0 Å². The Morgan fingerprint density at radius 3 is 2.33 bits per heavy atom. The van der Waals surface area contributed by atoms with E-state index < -0.39 is 5.60 Å². The standard InChI is InChI=1S/C17H16O/c1-3-13-17(2,18)16-12-8-7-11-15(16)14-9-5-4-6-10-14/h4-13,18H,1H2,2H3. The molecule has 1 nitrogen and oxygen atoms in total. The average molecular weight is 236 g/mol. The number of hydrogen-bond donors (Lipinski definition) is 1. The van der Waals surface area contributed by atoms with Crippen molar-refractivity contribution in [2.75, 3.05) is 0 Å². The average Bonchev–Trinajstić information content (AvgIpc) is 2.40. The van der Waals surface area contributed by atoms with Gasteiger partial charge in [-0.2, -0.15) is 0 Å². The van der Waals surface area contributed by atoms with Crippen LogP contribution in [0.3, 0.4) is 0 Å². The second-order valence-corrected chi connectivity index (χ2v) is 4.41. The van der Waals surface area contributed by atoms with E-state index in [4.69, 9.17) is 0 Å². The van der Waals surface area contributed by atoms with Crippen LogP contribution < -0.4 is 0 Å². The largest absolute Gasteiger partial charge is 0.381 e. The minimum atomic E-state index is -1.06. The van der Waals surface area contributed by atoms with Crippen LogP contribution in [-0.4, -0.2) is 5.11 Å². The summed E-state index contributed by atoms with van der Waals surface area (Å²) in [6.45, 7) is 5.28. The lowest BCUT2D eigenvalue weighted by Crippen LogP contribution is -2.18. The fraction of sp³-hybridized carbons (Fsp3) is 0.118. The van der Waals surface area contributed by atoms with Gasteiger partial charge in [-0.15, -0.1) is 5.73 Å². The Hall–Kier alpha value is -2.08. The van der Waals surface area contributed by atoms with Crippen LogP contribution in [0.5, 0.6) is 0 Å². The third-order valence-electron chi connectivity index (χ3n) is 2.94. The lowest BCUT2D eigenvalue weighted by atomic mass is 9.88. The van der Waals surface area contributed by atoms with E-state index in [0.717, 1.165) is 16.7 Å². The van der Waals surface area contributed by atoms with E-state index in [2.05, 4.69) is 12.3 Å². The molecule has 90 valence electrons. The Kier molecular flexibility index (Phi) is 3.47. The fourth-order valence-electron chi connectivity index (χ4n) is 2.07. The third kappa shape index (κ3) is 2.43. The first-order chi connectivity index (χ1) is 8.65. The van der Waals surface area contributed by atoms with Crippen LogP contribution in [0.25, 0.3) is 11.1 Å². The van der Waals surface area contributed by atoms with Gasteiger partial charge in [-0.25, -0.2) is 0 Å². The molecule has 0 aromatic heterocycles. The summed E-state index contributed by atoms with van der Waals surface area (Å²) in [6, 6.07) is 17.9. The molecule has 0 bridgehead atoms. The first kappa shape index (κ1) is 12.4. The molecule has 0 aliphatic rings. The molecule has 0 fully saturated rings. The second kappa shape index (κ2) is 5.05. The number of rotatable bonds is 3. The van der Waals surface area contributed by atoms with Crippen molar-refractivity contribution in [3.63, 3.8) is 0 Å². The van der Waals surface area contributed by atoms with Crippen molar-refractivity contribution in [2.45, 2.75) is 12.5 Å². The summed E-state index contributed by atoms with van der Waals surface area (Å²) in [4.78, 5) is 0. The van der Waals surface area contributed by atoms with Crippen LogP contribution in [0, 0.1) is 0 Å². The van der Waals surface area contributed by atoms with Crippen molar-refractivity contribution in [3.8, 4) is 11.1 Å². The van der Waals surface area contributed by atoms with E-state index in [1.165, 1.54) is 0 Å². The van der Waals surface area contributed by atoms with Crippen molar-refractivity contribution in [1.82, 2.24) is 0 Å². The predicted molar refractivity (Wildman–Crippen MR) is 75.2 cm³/mol. The van der Waals surface area contributed by atoms with Gasteiger partial charge in [-0.1, -0.05) is 61.2 Å². The number of benzene rings is 2. The van der Waals surface area contributed by atoms with Gasteiger partial charge in [0.1, 0.15) is 5.60 Å². The van der Waals surface area contributed by atoms with Crippen molar-refractivity contribution < 1.29 is 5.11 Å². The topological polar surface area (TPSA) is 20.2 Å². The lowest BCUT2D eigenvalue weighted by molar-refractivity contribution is 0.112. The molecule has 1 unspecified atom stereocenters. The minimum Gasteiger partial charge on any atom is -0.381 e. The van der Waals surface area contributed by atoms with Gasteiger partial charge in [0, 0.05) is 0 Å². The summed E-state index contributed by atoms with van der Waals surface area (Å²) in [7, 11) is 0. The van der Waals surface area contributed by atoms with Gasteiger partial charge in [0.25, 0.3) is 0 Å². The van der Waals surface area contributed by atoms with Gasteiger partial charge in [0.2, 0.25) is 0 Å². The van der Waals surface area contributed by atoms with E-state index in [0.29, 0.717) is 0 Å². The molecule has 2 rings (SSSR count). The maximum atomic E-state index is 10.5. The zero-order chi connectivity index (χ0) is 13.0. The highest BCUT2D eigenvalue weighted by atomic mass is 16.3. The SMILES string of the molecule is C=C=CC(C)(O)c1ccccc1-c1ccccc1. The van der Waals surface area contributed by atoms with Crippen LogP contribution in [0.4, 0.5) is 0 Å². The highest BCUT2D eigenvalue weighted by molar-refractivity contribution is 5.68. The van der Waals surface area contributed by atoms with Gasteiger partial charge >= 0.3 is 0 Å². The molecular weight excluding hydrogens is 220 g/mol. The normalized spacial score (nSPS) is 13.4. The molecule has 2 aromatic carbocycles. The molecule has 0 aliphatic heterocycles. The quantitative estimate of drug-likeness (QED) is 0.801. The van der Waals surface area contributed by atoms with Crippen LogP contribution >= 0.6 is 0 Å². The van der Waals surface area contributed by atoms with Crippen molar-refractivity contribution in [3.05, 3.63) is 78.5 Å². The highest BCUT2D eigenvalue weighted by Gasteiger charge is 2.22. The van der Waals surface area contributed by atoms with Gasteiger partial charge < -0.3 is 5.11 Å². The first-order valence-corrected chi connectivity index (χ1v) is 5.89. The van der Waals surface area contributed by atoms with E-state index >= 15 is 0 Å². The molecular formula is C17H16O. The molecule has 2 aromatic rings. The molecule has 0 heterocycles. The van der Waals surface area contributed by atoms with E-state index in [9.17, 15) is 5.11 Å². The number of aliphatic hydroxyl groups is 1. The summed E-state index contributed by atoms with van der Waals surface area (Å²) in [5, 5.41) is 10.5. The summed E-state index contributed by atoms with van der Waals surface area (Å²) >= 11 is 0. The van der Waals surface area contributed by atoms with Gasteiger partial charge in [-0.3, -0.25) is 0 Å². The molecule has 0 amide bonds. The van der Waals surface area contributed by atoms with Crippen LogP contribution in [0.1, 0.15) is 12.5 Å². The van der Waals surface area contributed by atoms with E-state index in [-0.39, 0.29) is 0 Å². The molecule has 0 aliphatic carbocycles. The molecule has 1 N–H and O–H groups in total. The maximum absolute atomic E-state index is 10.5. The molecule has 1 heteroatoms. The van der Waals surface area contributed by atoms with Crippen molar-refractivity contribution in [1.29, 1.82) is 0 Å². The highest BCUT2D eigenvalue weighted by Crippen LogP contribution is 2.32. The molecule has 0 spiro atoms. The van der Waals surface area contributed by atoms with E-state index in [1.54, 1.807) is 13.0 Å². The first-order valence-electron chi connectivity index (χ1n) is 5.89. The Bertz CT molecular complexity index is 576. The Morgan fingerprint density at radius 2 is 1.67 bits per heavy atom. The van der Waals surface area contributed by atoms with Crippen molar-refractivity contribution >= 4 is 0 Å². The Labute approximate surface area is 108 Å². The van der Waals surface area contributed by atoms with Gasteiger partial charge in [0.05, 0.1) is 0 Å². The summed E-state index contributed by atoms with van der Waals surface area (Å²) < 4.78 is 0. The Balaban J connectivity index is 2.61. The smallest absolute Gasteiger partial charge is 0.113 e. The fourth-order valence-corrected chi connectivity index (χ4v) is 2.07. The van der Waals surface area contributed by atoms with Crippen molar-refractivity contribution in [2.24, 2.45) is 0 Å². The number of hydrogen-bond acceptors (Lipinski definition) is 1. The zero-order valence-corrected chi connectivity index (χ0v) is 10.4. The maximum Gasteiger partial charge on any atom is 0.113 e. The summed E-state index contributed by atoms with van der Waals surface area (Å²) in [5.74, 6) is 0. The predicted octanol–water partition coefficient (Wildman–Crippen LogP) is 3.90. The second-order valence-electron chi connectivity index (χ2n) is 4.41. The summed E-state index contributed by atoms with van der Waals surface area (Å²) in [5.41, 5.74) is 4.56. The van der Waals surface area contributed by atoms with Crippen LogP contribution in [-0.2, 0) is 5.60 Å². The summed E-state index contributed by atoms with van der Waals surface area (Å²) in [6.07, 6.45) is 1.58. The molecule has 18 heavy (non-hydrogen) atoms. The Morgan fingerprint density at radius 1 is 1.06 bits per heavy atom. The molecule has 1 atom stereocenters. The minimum absolute atomic E-state index is 0.854. The molecule has 0 saturated heterocycles. The third-order valence-corrected chi connectivity index (χ3v) is 2.94. The molecule has 0 saturated carbocycles. The van der Waals surface area contributed by atoms with Gasteiger partial charge in [0.15, 0.2) is 0 Å². The monoisotopic (exact) mass is 236 g/mol.